The Balaban J connectivity index is 1.78. The molecule has 3 nitrogen and oxygen atoms in total. The third-order valence-electron chi connectivity index (χ3n) is 4.52. The van der Waals surface area contributed by atoms with Crippen molar-refractivity contribution >= 4 is 22.4 Å². The highest BCUT2D eigenvalue weighted by molar-refractivity contribution is 6.09. The van der Waals surface area contributed by atoms with Gasteiger partial charge in [0.05, 0.1) is 22.5 Å². The number of nitrogens with zero attached hydrogens (tertiary/aromatic N) is 1. The normalized spacial score (nSPS) is 13.8. The van der Waals surface area contributed by atoms with Crippen LogP contribution in [0.3, 0.4) is 0 Å². The Bertz CT molecular complexity index is 985. The molecule has 126 valence electrons. The number of halogens is 2. The van der Waals surface area contributed by atoms with E-state index in [4.69, 9.17) is 0 Å². The van der Waals surface area contributed by atoms with Gasteiger partial charge in [-0.1, -0.05) is 24.3 Å². The van der Waals surface area contributed by atoms with Crippen molar-refractivity contribution in [2.45, 2.75) is 25.8 Å². The van der Waals surface area contributed by atoms with Gasteiger partial charge in [0.2, 0.25) is 0 Å². The zero-order valence-electron chi connectivity index (χ0n) is 13.5. The third-order valence-corrected chi connectivity index (χ3v) is 4.52. The molecular weight excluding hydrogens is 322 g/mol. The lowest BCUT2D eigenvalue weighted by Gasteiger charge is -2.21. The largest absolute Gasteiger partial charge is 0.380 e. The Labute approximate surface area is 143 Å². The number of rotatable bonds is 3. The predicted molar refractivity (Wildman–Crippen MR) is 92.7 cm³/mol. The second-order valence-electron chi connectivity index (χ2n) is 6.20. The minimum Gasteiger partial charge on any atom is -0.380 e. The Hall–Kier alpha value is -2.82. The van der Waals surface area contributed by atoms with E-state index in [1.54, 1.807) is 0 Å². The number of nitrogens with one attached hydrogen (secondary N) is 1. The van der Waals surface area contributed by atoms with Crippen molar-refractivity contribution in [2.24, 2.45) is 0 Å². The number of fused-ring (bicyclic) bond motifs is 2. The number of carbonyl (C=O) groups is 1. The summed E-state index contributed by atoms with van der Waals surface area (Å²) >= 11 is 0. The first-order valence-electron chi connectivity index (χ1n) is 8.26. The fraction of sp³-hybridized carbons (Fsp3) is 0.200. The van der Waals surface area contributed by atoms with E-state index < -0.39 is 11.6 Å². The highest BCUT2D eigenvalue weighted by atomic mass is 19.2. The molecule has 1 heterocycles. The first kappa shape index (κ1) is 15.7. The lowest BCUT2D eigenvalue weighted by atomic mass is 9.91. The van der Waals surface area contributed by atoms with Crippen molar-refractivity contribution in [1.29, 1.82) is 0 Å². The van der Waals surface area contributed by atoms with Crippen LogP contribution >= 0.6 is 0 Å². The van der Waals surface area contributed by atoms with Crippen LogP contribution in [0, 0.1) is 11.6 Å². The van der Waals surface area contributed by atoms with Gasteiger partial charge < -0.3 is 5.32 Å². The molecule has 2 aromatic carbocycles. The summed E-state index contributed by atoms with van der Waals surface area (Å²) in [5.41, 5.74) is 3.60. The Morgan fingerprint density at radius 1 is 1.04 bits per heavy atom. The van der Waals surface area contributed by atoms with Gasteiger partial charge >= 0.3 is 0 Å². The fourth-order valence-corrected chi connectivity index (χ4v) is 3.31. The SMILES string of the molecule is O=C1CCCc2nc3ccccc3c(NCc3ccc(F)c(F)c3)c21. The zero-order chi connectivity index (χ0) is 17.4. The highest BCUT2D eigenvalue weighted by Gasteiger charge is 2.24. The molecule has 1 aliphatic carbocycles. The van der Waals surface area contributed by atoms with Crippen LogP contribution in [-0.2, 0) is 13.0 Å². The summed E-state index contributed by atoms with van der Waals surface area (Å²) in [7, 11) is 0. The maximum Gasteiger partial charge on any atom is 0.166 e. The van der Waals surface area contributed by atoms with Crippen molar-refractivity contribution in [2.75, 3.05) is 5.32 Å². The van der Waals surface area contributed by atoms with Crippen LogP contribution in [0.5, 0.6) is 0 Å². The van der Waals surface area contributed by atoms with Crippen LogP contribution < -0.4 is 5.32 Å². The molecule has 0 unspecified atom stereocenters. The van der Waals surface area contributed by atoms with Crippen LogP contribution in [0.4, 0.5) is 14.5 Å². The summed E-state index contributed by atoms with van der Waals surface area (Å²) < 4.78 is 26.5. The van der Waals surface area contributed by atoms with Crippen LogP contribution in [0.15, 0.2) is 42.5 Å². The van der Waals surface area contributed by atoms with Gasteiger partial charge in [0, 0.05) is 18.4 Å². The van der Waals surface area contributed by atoms with Crippen molar-refractivity contribution in [3.05, 3.63) is 70.9 Å². The molecule has 0 radical (unpaired) electrons. The summed E-state index contributed by atoms with van der Waals surface area (Å²) in [5.74, 6) is -1.67. The quantitative estimate of drug-likeness (QED) is 0.756. The average molecular weight is 338 g/mol. The minimum atomic E-state index is -0.878. The molecule has 1 aromatic heterocycles. The molecule has 1 aliphatic rings. The number of pyridine rings is 1. The van der Waals surface area contributed by atoms with Gasteiger partial charge in [0.25, 0.3) is 0 Å². The number of Topliss-reactive ketones (excluding diaryl/α,β-unsaturated/α-hetero) is 1. The molecular formula is C20H16F2N2O. The molecule has 5 heteroatoms. The van der Waals surface area contributed by atoms with E-state index in [-0.39, 0.29) is 5.78 Å². The number of hydrogen-bond acceptors (Lipinski definition) is 3. The van der Waals surface area contributed by atoms with Crippen molar-refractivity contribution < 1.29 is 13.6 Å². The molecule has 0 bridgehead atoms. The Morgan fingerprint density at radius 3 is 2.72 bits per heavy atom. The van der Waals surface area contributed by atoms with Gasteiger partial charge in [-0.3, -0.25) is 9.78 Å². The predicted octanol–water partition coefficient (Wildman–Crippen LogP) is 4.64. The topological polar surface area (TPSA) is 42.0 Å². The zero-order valence-corrected chi connectivity index (χ0v) is 13.5. The molecule has 0 amide bonds. The fourth-order valence-electron chi connectivity index (χ4n) is 3.31. The van der Waals surface area contributed by atoms with Gasteiger partial charge in [-0.05, 0) is 36.6 Å². The van der Waals surface area contributed by atoms with Crippen LogP contribution in [0.25, 0.3) is 10.9 Å². The lowest BCUT2D eigenvalue weighted by Crippen LogP contribution is -2.16. The van der Waals surface area contributed by atoms with Crippen molar-refractivity contribution in [3.8, 4) is 0 Å². The minimum absolute atomic E-state index is 0.0762. The Morgan fingerprint density at radius 2 is 1.88 bits per heavy atom. The van der Waals surface area contributed by atoms with Crippen molar-refractivity contribution in [3.63, 3.8) is 0 Å². The number of aromatic nitrogens is 1. The molecule has 0 spiro atoms. The van der Waals surface area contributed by atoms with Crippen molar-refractivity contribution in [1.82, 2.24) is 4.98 Å². The van der Waals surface area contributed by atoms with E-state index in [1.807, 2.05) is 24.3 Å². The number of para-hydroxylation sites is 1. The highest BCUT2D eigenvalue weighted by Crippen LogP contribution is 2.33. The van der Waals surface area contributed by atoms with Gasteiger partial charge in [-0.2, -0.15) is 0 Å². The Kier molecular flexibility index (Phi) is 3.92. The summed E-state index contributed by atoms with van der Waals surface area (Å²) in [6.07, 6.45) is 2.08. The first-order valence-corrected chi connectivity index (χ1v) is 8.26. The molecule has 0 atom stereocenters. The summed E-state index contributed by atoms with van der Waals surface area (Å²) in [6, 6.07) is 11.4. The monoisotopic (exact) mass is 338 g/mol. The molecule has 0 saturated heterocycles. The molecule has 3 aromatic rings. The van der Waals surface area contributed by atoms with Gasteiger partial charge in [-0.25, -0.2) is 8.78 Å². The third kappa shape index (κ3) is 2.86. The lowest BCUT2D eigenvalue weighted by molar-refractivity contribution is 0.0972. The van der Waals surface area contributed by atoms with E-state index in [2.05, 4.69) is 10.3 Å². The van der Waals surface area contributed by atoms with Gasteiger partial charge in [0.15, 0.2) is 17.4 Å². The average Bonchev–Trinajstić information content (AvgIpc) is 2.62. The maximum atomic E-state index is 13.4. The van der Waals surface area contributed by atoms with Crippen LogP contribution in [-0.4, -0.2) is 10.8 Å². The van der Waals surface area contributed by atoms with Gasteiger partial charge in [0.1, 0.15) is 0 Å². The number of anilines is 1. The summed E-state index contributed by atoms with van der Waals surface area (Å²) in [5, 5.41) is 4.12. The standard InChI is InChI=1S/C20H16F2N2O/c21-14-9-8-12(10-15(14)22)11-23-20-13-4-1-2-5-16(13)24-17-6-3-7-18(25)19(17)20/h1-2,4-5,8-10H,3,6-7,11H2,(H,23,24). The van der Waals surface area contributed by atoms with E-state index in [1.165, 1.54) is 12.1 Å². The molecule has 4 rings (SSSR count). The van der Waals surface area contributed by atoms with E-state index >= 15 is 0 Å². The summed E-state index contributed by atoms with van der Waals surface area (Å²) in [6.45, 7) is 0.297. The second-order valence-corrected chi connectivity index (χ2v) is 6.20. The van der Waals surface area contributed by atoms with Crippen LogP contribution in [0.1, 0.15) is 34.5 Å². The number of ketones is 1. The molecule has 1 N–H and O–H groups in total. The molecule has 25 heavy (non-hydrogen) atoms. The number of benzene rings is 2. The summed E-state index contributed by atoms with van der Waals surface area (Å²) in [4.78, 5) is 17.1. The van der Waals surface area contributed by atoms with Gasteiger partial charge in [-0.15, -0.1) is 0 Å². The smallest absolute Gasteiger partial charge is 0.166 e. The van der Waals surface area contributed by atoms with Crippen LogP contribution in [0.2, 0.25) is 0 Å². The number of hydrogen-bond donors (Lipinski definition) is 1. The maximum absolute atomic E-state index is 13.4. The number of aryl methyl sites for hydroxylation is 1. The number of carbonyl (C=O) groups excluding carboxylic acids is 1. The van der Waals surface area contributed by atoms with E-state index in [0.717, 1.165) is 41.2 Å². The van der Waals surface area contributed by atoms with E-state index in [9.17, 15) is 13.6 Å². The molecule has 0 saturated carbocycles. The van der Waals surface area contributed by atoms with E-state index in [0.29, 0.717) is 24.1 Å². The second kappa shape index (κ2) is 6.24. The molecule has 0 aliphatic heterocycles. The first-order chi connectivity index (χ1) is 12.1. The molecule has 0 fully saturated rings.